The number of alkyl halides is 3. The maximum absolute atomic E-state index is 12.7. The van der Waals surface area contributed by atoms with Crippen molar-refractivity contribution in [1.29, 1.82) is 0 Å². The predicted octanol–water partition coefficient (Wildman–Crippen LogP) is 3.94. The second kappa shape index (κ2) is 10.9. The average Bonchev–Trinajstić information content (AvgIpc) is 3.19. The van der Waals surface area contributed by atoms with Crippen LogP contribution in [-0.2, 0) is 4.79 Å². The molecule has 2 N–H and O–H groups in total. The van der Waals surface area contributed by atoms with E-state index in [4.69, 9.17) is 9.47 Å². The molecule has 0 aliphatic carbocycles. The molecule has 7 nitrogen and oxygen atoms in total. The Hall–Kier alpha value is -2.65. The first-order chi connectivity index (χ1) is 14.2. The number of likely N-dealkylation sites (tertiary alicyclic amines) is 1. The quantitative estimate of drug-likeness (QED) is 0.621. The molecule has 2 rings (SSSR count). The van der Waals surface area contributed by atoms with E-state index in [0.717, 1.165) is 12.8 Å². The molecular formula is C20H28F3N3O4. The van der Waals surface area contributed by atoms with Crippen LogP contribution in [-0.4, -0.2) is 55.4 Å². The van der Waals surface area contributed by atoms with E-state index in [1.165, 1.54) is 4.90 Å². The van der Waals surface area contributed by atoms with Gasteiger partial charge in [-0.3, -0.25) is 4.79 Å². The van der Waals surface area contributed by atoms with Crippen molar-refractivity contribution in [2.75, 3.05) is 31.6 Å². The summed E-state index contributed by atoms with van der Waals surface area (Å²) < 4.78 is 48.4. The Kier molecular flexibility index (Phi) is 8.61. The number of carbonyl (C=O) groups excluding carboxylic acids is 2. The van der Waals surface area contributed by atoms with Gasteiger partial charge in [0.1, 0.15) is 12.6 Å². The Morgan fingerprint density at radius 1 is 1.13 bits per heavy atom. The molecule has 10 heteroatoms. The van der Waals surface area contributed by atoms with Crippen LogP contribution in [0, 0.1) is 0 Å². The van der Waals surface area contributed by atoms with Crippen LogP contribution in [0.4, 0.5) is 23.7 Å². The summed E-state index contributed by atoms with van der Waals surface area (Å²) in [5.74, 6) is 0.244. The number of nitrogens with one attached hydrogen (secondary N) is 2. The Bertz CT molecular complexity index is 728. The largest absolute Gasteiger partial charge is 0.490 e. The van der Waals surface area contributed by atoms with Crippen LogP contribution in [0.3, 0.4) is 0 Å². The van der Waals surface area contributed by atoms with E-state index in [2.05, 4.69) is 5.32 Å². The first kappa shape index (κ1) is 23.6. The van der Waals surface area contributed by atoms with Gasteiger partial charge in [0.05, 0.1) is 13.2 Å². The average molecular weight is 431 g/mol. The number of hydrogen-bond acceptors (Lipinski definition) is 4. The molecule has 1 aromatic carbocycles. The molecule has 30 heavy (non-hydrogen) atoms. The highest BCUT2D eigenvalue weighted by atomic mass is 19.4. The number of halogens is 3. The van der Waals surface area contributed by atoms with Gasteiger partial charge in [-0.25, -0.2) is 4.79 Å². The molecule has 1 fully saturated rings. The molecule has 1 heterocycles. The summed E-state index contributed by atoms with van der Waals surface area (Å²) in [5, 5.41) is 4.54. The summed E-state index contributed by atoms with van der Waals surface area (Å²) in [4.78, 5) is 26.0. The lowest BCUT2D eigenvalue weighted by molar-refractivity contribution is -0.140. The zero-order chi connectivity index (χ0) is 22.1. The van der Waals surface area contributed by atoms with Crippen LogP contribution < -0.4 is 20.1 Å². The standard InChI is InChI=1S/C20H28F3N3O4/c1-3-10-29-16-8-7-14(12-17(16)30-11-4-2)25-19(28)26-9-5-6-15(26)18(27)24-13-20(21,22)23/h7-8,12,15H,3-6,9-11,13H2,1-2H3,(H,24,27)(H,25,28). The Morgan fingerprint density at radius 2 is 1.80 bits per heavy atom. The minimum Gasteiger partial charge on any atom is -0.490 e. The highest BCUT2D eigenvalue weighted by Crippen LogP contribution is 2.31. The Balaban J connectivity index is 2.05. The van der Waals surface area contributed by atoms with Gasteiger partial charge in [0.2, 0.25) is 5.91 Å². The van der Waals surface area contributed by atoms with Crippen molar-refractivity contribution in [2.45, 2.75) is 51.7 Å². The van der Waals surface area contributed by atoms with Crippen molar-refractivity contribution in [3.63, 3.8) is 0 Å². The zero-order valence-electron chi connectivity index (χ0n) is 17.2. The lowest BCUT2D eigenvalue weighted by Crippen LogP contribution is -2.49. The number of rotatable bonds is 9. The molecule has 168 valence electrons. The summed E-state index contributed by atoms with van der Waals surface area (Å²) in [7, 11) is 0. The van der Waals surface area contributed by atoms with E-state index >= 15 is 0 Å². The van der Waals surface area contributed by atoms with Crippen molar-refractivity contribution < 1.29 is 32.2 Å². The van der Waals surface area contributed by atoms with E-state index in [1.807, 2.05) is 19.2 Å². The van der Waals surface area contributed by atoms with E-state index in [1.54, 1.807) is 18.2 Å². The molecule has 1 aromatic rings. The van der Waals surface area contributed by atoms with Crippen molar-refractivity contribution >= 4 is 17.6 Å². The van der Waals surface area contributed by atoms with Crippen LogP contribution in [0.5, 0.6) is 11.5 Å². The number of anilines is 1. The van der Waals surface area contributed by atoms with Crippen LogP contribution in [0.15, 0.2) is 18.2 Å². The zero-order valence-corrected chi connectivity index (χ0v) is 17.2. The minimum absolute atomic E-state index is 0.285. The topological polar surface area (TPSA) is 79.9 Å². The first-order valence-corrected chi connectivity index (χ1v) is 10.1. The van der Waals surface area contributed by atoms with Crippen molar-refractivity contribution in [3.05, 3.63) is 18.2 Å². The number of ether oxygens (including phenoxy) is 2. The first-order valence-electron chi connectivity index (χ1n) is 10.1. The van der Waals surface area contributed by atoms with Gasteiger partial charge in [-0.05, 0) is 37.8 Å². The van der Waals surface area contributed by atoms with Crippen LogP contribution in [0.25, 0.3) is 0 Å². The molecule has 1 unspecified atom stereocenters. The van der Waals surface area contributed by atoms with Gasteiger partial charge in [-0.2, -0.15) is 13.2 Å². The van der Waals surface area contributed by atoms with Gasteiger partial charge in [0, 0.05) is 18.3 Å². The molecule has 3 amide bonds. The van der Waals surface area contributed by atoms with Crippen LogP contribution in [0.2, 0.25) is 0 Å². The van der Waals surface area contributed by atoms with E-state index in [0.29, 0.717) is 43.2 Å². The molecule has 0 bridgehead atoms. The molecular weight excluding hydrogens is 403 g/mol. The summed E-state index contributed by atoms with van der Waals surface area (Å²) in [5.41, 5.74) is 0.441. The number of urea groups is 1. The second-order valence-electron chi connectivity index (χ2n) is 6.97. The highest BCUT2D eigenvalue weighted by Gasteiger charge is 2.36. The smallest absolute Gasteiger partial charge is 0.405 e. The summed E-state index contributed by atoms with van der Waals surface area (Å²) in [6.07, 6.45) is -2.03. The van der Waals surface area contributed by atoms with Crippen molar-refractivity contribution in [1.82, 2.24) is 10.2 Å². The third-order valence-electron chi connectivity index (χ3n) is 4.40. The maximum atomic E-state index is 12.7. The van der Waals surface area contributed by atoms with Gasteiger partial charge in [0.15, 0.2) is 11.5 Å². The fraction of sp³-hybridized carbons (Fsp3) is 0.600. The molecule has 1 aliphatic rings. The summed E-state index contributed by atoms with van der Waals surface area (Å²) in [6.45, 7) is 3.82. The number of hydrogen-bond donors (Lipinski definition) is 2. The van der Waals surface area contributed by atoms with Crippen molar-refractivity contribution in [3.8, 4) is 11.5 Å². The molecule has 1 atom stereocenters. The molecule has 1 saturated heterocycles. The van der Waals surface area contributed by atoms with Gasteiger partial charge in [-0.1, -0.05) is 13.8 Å². The SMILES string of the molecule is CCCOc1ccc(NC(=O)N2CCCC2C(=O)NCC(F)(F)F)cc1OCCC. The molecule has 0 saturated carbocycles. The Morgan fingerprint density at radius 3 is 2.43 bits per heavy atom. The number of nitrogens with zero attached hydrogens (tertiary/aromatic N) is 1. The van der Waals surface area contributed by atoms with Gasteiger partial charge in [0.25, 0.3) is 0 Å². The third-order valence-corrected chi connectivity index (χ3v) is 4.40. The van der Waals surface area contributed by atoms with E-state index in [-0.39, 0.29) is 6.54 Å². The van der Waals surface area contributed by atoms with Gasteiger partial charge >= 0.3 is 12.2 Å². The van der Waals surface area contributed by atoms with Gasteiger partial charge in [-0.15, -0.1) is 0 Å². The predicted molar refractivity (Wildman–Crippen MR) is 106 cm³/mol. The molecule has 1 aliphatic heterocycles. The van der Waals surface area contributed by atoms with Crippen LogP contribution >= 0.6 is 0 Å². The highest BCUT2D eigenvalue weighted by molar-refractivity contribution is 5.94. The fourth-order valence-electron chi connectivity index (χ4n) is 3.02. The lowest BCUT2D eigenvalue weighted by Gasteiger charge is -2.24. The van der Waals surface area contributed by atoms with Crippen LogP contribution in [0.1, 0.15) is 39.5 Å². The molecule has 0 spiro atoms. The number of amides is 3. The summed E-state index contributed by atoms with van der Waals surface area (Å²) >= 11 is 0. The second-order valence-corrected chi connectivity index (χ2v) is 6.97. The third kappa shape index (κ3) is 7.00. The number of carbonyl (C=O) groups is 2. The number of benzene rings is 1. The van der Waals surface area contributed by atoms with E-state index < -0.39 is 30.7 Å². The molecule has 0 aromatic heterocycles. The van der Waals surface area contributed by atoms with Gasteiger partial charge < -0.3 is 25.0 Å². The van der Waals surface area contributed by atoms with E-state index in [9.17, 15) is 22.8 Å². The fourth-order valence-corrected chi connectivity index (χ4v) is 3.02. The summed E-state index contributed by atoms with van der Waals surface area (Å²) in [6, 6.07) is 3.48. The maximum Gasteiger partial charge on any atom is 0.405 e. The normalized spacial score (nSPS) is 16.3. The Labute approximate surface area is 173 Å². The minimum atomic E-state index is -4.50. The van der Waals surface area contributed by atoms with Crippen molar-refractivity contribution in [2.24, 2.45) is 0 Å². The molecule has 0 radical (unpaired) electrons. The monoisotopic (exact) mass is 431 g/mol. The lowest BCUT2D eigenvalue weighted by atomic mass is 10.2.